The normalized spacial score (nSPS) is 10.9. The molecular weight excluding hydrogens is 204 g/mol. The third-order valence-corrected chi connectivity index (χ3v) is 2.11. The Labute approximate surface area is 95.3 Å². The SMILES string of the molecule is CC(C)(O)CCOc1ccc(C#N)cc1N. The highest BCUT2D eigenvalue weighted by Gasteiger charge is 2.12. The van der Waals surface area contributed by atoms with Crippen molar-refractivity contribution in [2.45, 2.75) is 25.9 Å². The second kappa shape index (κ2) is 4.86. The minimum atomic E-state index is -0.749. The van der Waals surface area contributed by atoms with Crippen LogP contribution in [0, 0.1) is 11.3 Å². The van der Waals surface area contributed by atoms with E-state index >= 15 is 0 Å². The van der Waals surface area contributed by atoms with Gasteiger partial charge in [-0.15, -0.1) is 0 Å². The van der Waals surface area contributed by atoms with Crippen LogP contribution in [-0.2, 0) is 0 Å². The standard InChI is InChI=1S/C12H16N2O2/c1-12(2,15)5-6-16-11-4-3-9(8-13)7-10(11)14/h3-4,7,15H,5-6,14H2,1-2H3. The summed E-state index contributed by atoms with van der Waals surface area (Å²) < 4.78 is 5.42. The summed E-state index contributed by atoms with van der Waals surface area (Å²) in [6.07, 6.45) is 0.520. The monoisotopic (exact) mass is 220 g/mol. The van der Waals surface area contributed by atoms with Crippen molar-refractivity contribution in [2.75, 3.05) is 12.3 Å². The highest BCUT2D eigenvalue weighted by molar-refractivity contribution is 5.56. The molecule has 0 unspecified atom stereocenters. The molecule has 0 bridgehead atoms. The third kappa shape index (κ3) is 3.79. The summed E-state index contributed by atoms with van der Waals surface area (Å²) in [4.78, 5) is 0. The number of anilines is 1. The van der Waals surface area contributed by atoms with Gasteiger partial charge in [-0.1, -0.05) is 0 Å². The second-order valence-electron chi connectivity index (χ2n) is 4.28. The molecule has 1 aromatic carbocycles. The van der Waals surface area contributed by atoms with Crippen LogP contribution in [0.4, 0.5) is 5.69 Å². The van der Waals surface area contributed by atoms with Gasteiger partial charge in [0.15, 0.2) is 0 Å². The Hall–Kier alpha value is -1.73. The molecule has 0 spiro atoms. The summed E-state index contributed by atoms with van der Waals surface area (Å²) in [6, 6.07) is 6.88. The summed E-state index contributed by atoms with van der Waals surface area (Å²) >= 11 is 0. The number of ether oxygens (including phenoxy) is 1. The first-order valence-electron chi connectivity index (χ1n) is 5.07. The fourth-order valence-electron chi connectivity index (χ4n) is 1.16. The summed E-state index contributed by atoms with van der Waals surface area (Å²) in [5.74, 6) is 0.545. The van der Waals surface area contributed by atoms with Gasteiger partial charge in [-0.2, -0.15) is 5.26 Å². The van der Waals surface area contributed by atoms with Crippen LogP contribution in [0.1, 0.15) is 25.8 Å². The van der Waals surface area contributed by atoms with E-state index in [4.69, 9.17) is 15.7 Å². The highest BCUT2D eigenvalue weighted by Crippen LogP contribution is 2.22. The number of nitrogens with zero attached hydrogens (tertiary/aromatic N) is 1. The predicted molar refractivity (Wildman–Crippen MR) is 62.0 cm³/mol. The maximum absolute atomic E-state index is 9.49. The Bertz CT molecular complexity index is 402. The van der Waals surface area contributed by atoms with E-state index in [1.807, 2.05) is 6.07 Å². The van der Waals surface area contributed by atoms with Gasteiger partial charge in [0.05, 0.1) is 29.5 Å². The van der Waals surface area contributed by atoms with Crippen LogP contribution in [0.25, 0.3) is 0 Å². The smallest absolute Gasteiger partial charge is 0.142 e. The van der Waals surface area contributed by atoms with Crippen LogP contribution in [0.3, 0.4) is 0 Å². The number of rotatable bonds is 4. The lowest BCUT2D eigenvalue weighted by Crippen LogP contribution is -2.21. The number of benzene rings is 1. The average molecular weight is 220 g/mol. The van der Waals surface area contributed by atoms with Crippen LogP contribution >= 0.6 is 0 Å². The minimum Gasteiger partial charge on any atom is -0.491 e. The number of hydrogen-bond acceptors (Lipinski definition) is 4. The Kier molecular flexibility index (Phi) is 3.75. The van der Waals surface area contributed by atoms with E-state index in [1.54, 1.807) is 32.0 Å². The average Bonchev–Trinajstić information content (AvgIpc) is 2.18. The first-order chi connectivity index (χ1) is 7.42. The van der Waals surface area contributed by atoms with E-state index in [2.05, 4.69) is 0 Å². The Morgan fingerprint density at radius 2 is 2.19 bits per heavy atom. The number of nitrogens with two attached hydrogens (primary N) is 1. The van der Waals surface area contributed by atoms with E-state index in [9.17, 15) is 5.11 Å². The summed E-state index contributed by atoms with van der Waals surface area (Å²) in [5.41, 5.74) is 5.91. The van der Waals surface area contributed by atoms with Gasteiger partial charge in [-0.05, 0) is 32.0 Å². The van der Waals surface area contributed by atoms with Crippen molar-refractivity contribution in [3.05, 3.63) is 23.8 Å². The molecule has 1 rings (SSSR count). The molecule has 1 aromatic rings. The number of nitrogen functional groups attached to an aromatic ring is 1. The van der Waals surface area contributed by atoms with Crippen molar-refractivity contribution in [3.8, 4) is 11.8 Å². The van der Waals surface area contributed by atoms with Gasteiger partial charge >= 0.3 is 0 Å². The molecule has 16 heavy (non-hydrogen) atoms. The Morgan fingerprint density at radius 1 is 1.50 bits per heavy atom. The molecule has 3 N–H and O–H groups in total. The van der Waals surface area contributed by atoms with Gasteiger partial charge < -0.3 is 15.6 Å². The quantitative estimate of drug-likeness (QED) is 0.756. The second-order valence-corrected chi connectivity index (χ2v) is 4.28. The van der Waals surface area contributed by atoms with Crippen molar-refractivity contribution in [1.82, 2.24) is 0 Å². The van der Waals surface area contributed by atoms with Gasteiger partial charge in [-0.3, -0.25) is 0 Å². The van der Waals surface area contributed by atoms with Crippen LogP contribution < -0.4 is 10.5 Å². The van der Waals surface area contributed by atoms with Crippen LogP contribution in [0.5, 0.6) is 5.75 Å². The van der Waals surface area contributed by atoms with Crippen LogP contribution in [-0.4, -0.2) is 17.3 Å². The first-order valence-corrected chi connectivity index (χ1v) is 5.07. The van der Waals surface area contributed by atoms with Crippen LogP contribution in [0.2, 0.25) is 0 Å². The molecule has 0 radical (unpaired) electrons. The highest BCUT2D eigenvalue weighted by atomic mass is 16.5. The molecule has 0 aliphatic carbocycles. The van der Waals surface area contributed by atoms with Crippen molar-refractivity contribution in [3.63, 3.8) is 0 Å². The largest absolute Gasteiger partial charge is 0.491 e. The van der Waals surface area contributed by atoms with E-state index in [0.717, 1.165) is 0 Å². The molecule has 0 saturated carbocycles. The lowest BCUT2D eigenvalue weighted by Gasteiger charge is -2.17. The maximum atomic E-state index is 9.49. The molecular formula is C12H16N2O2. The molecule has 4 nitrogen and oxygen atoms in total. The number of hydrogen-bond donors (Lipinski definition) is 2. The van der Waals surface area contributed by atoms with E-state index < -0.39 is 5.60 Å². The molecule has 0 heterocycles. The molecule has 4 heteroatoms. The number of aliphatic hydroxyl groups is 1. The molecule has 0 atom stereocenters. The Morgan fingerprint density at radius 3 is 2.69 bits per heavy atom. The maximum Gasteiger partial charge on any atom is 0.142 e. The van der Waals surface area contributed by atoms with Gasteiger partial charge in [-0.25, -0.2) is 0 Å². The van der Waals surface area contributed by atoms with E-state index in [-0.39, 0.29) is 0 Å². The first kappa shape index (κ1) is 12.3. The van der Waals surface area contributed by atoms with Crippen LogP contribution in [0.15, 0.2) is 18.2 Å². The molecule has 0 saturated heterocycles. The fourth-order valence-corrected chi connectivity index (χ4v) is 1.16. The minimum absolute atomic E-state index is 0.388. The van der Waals surface area contributed by atoms with Gasteiger partial charge in [0.2, 0.25) is 0 Å². The molecule has 0 amide bonds. The molecule has 0 aliphatic heterocycles. The van der Waals surface area contributed by atoms with Gasteiger partial charge in [0, 0.05) is 6.42 Å². The summed E-state index contributed by atoms with van der Waals surface area (Å²) in [5, 5.41) is 18.1. The summed E-state index contributed by atoms with van der Waals surface area (Å²) in [6.45, 7) is 3.83. The van der Waals surface area contributed by atoms with Gasteiger partial charge in [0.1, 0.15) is 5.75 Å². The van der Waals surface area contributed by atoms with Gasteiger partial charge in [0.25, 0.3) is 0 Å². The lowest BCUT2D eigenvalue weighted by molar-refractivity contribution is 0.0554. The van der Waals surface area contributed by atoms with E-state index in [0.29, 0.717) is 30.0 Å². The van der Waals surface area contributed by atoms with Crippen molar-refractivity contribution >= 4 is 5.69 Å². The molecule has 0 aromatic heterocycles. The third-order valence-electron chi connectivity index (χ3n) is 2.11. The topological polar surface area (TPSA) is 79.3 Å². The zero-order chi connectivity index (χ0) is 12.2. The van der Waals surface area contributed by atoms with Crippen molar-refractivity contribution in [2.24, 2.45) is 0 Å². The zero-order valence-electron chi connectivity index (χ0n) is 9.53. The molecule has 0 aliphatic rings. The fraction of sp³-hybridized carbons (Fsp3) is 0.417. The number of nitriles is 1. The van der Waals surface area contributed by atoms with Crippen molar-refractivity contribution < 1.29 is 9.84 Å². The Balaban J connectivity index is 2.59. The molecule has 0 fully saturated rings. The zero-order valence-corrected chi connectivity index (χ0v) is 9.53. The summed E-state index contributed by atoms with van der Waals surface area (Å²) in [7, 11) is 0. The van der Waals surface area contributed by atoms with E-state index in [1.165, 1.54) is 0 Å². The molecule has 86 valence electrons. The lowest BCUT2D eigenvalue weighted by atomic mass is 10.1. The predicted octanol–water partition coefficient (Wildman–Crippen LogP) is 1.68. The van der Waals surface area contributed by atoms with Crippen molar-refractivity contribution in [1.29, 1.82) is 5.26 Å².